The van der Waals surface area contributed by atoms with Crippen molar-refractivity contribution in [3.8, 4) is 0 Å². The zero-order valence-electron chi connectivity index (χ0n) is 10.3. The van der Waals surface area contributed by atoms with E-state index in [1.165, 1.54) is 12.1 Å². The first-order chi connectivity index (χ1) is 9.51. The van der Waals surface area contributed by atoms with E-state index < -0.39 is 0 Å². The van der Waals surface area contributed by atoms with Crippen molar-refractivity contribution < 1.29 is 4.39 Å². The van der Waals surface area contributed by atoms with Crippen LogP contribution in [0.2, 0.25) is 10.0 Å². The molecular weight excluding hydrogens is 366 g/mol. The van der Waals surface area contributed by atoms with Gasteiger partial charge in [0.2, 0.25) is 0 Å². The van der Waals surface area contributed by atoms with Crippen LogP contribution in [0, 0.1) is 5.82 Å². The number of halogens is 4. The molecule has 20 heavy (non-hydrogen) atoms. The Morgan fingerprint density at radius 1 is 1.20 bits per heavy atom. The smallest absolute Gasteiger partial charge is 0.124 e. The van der Waals surface area contributed by atoms with E-state index in [9.17, 15) is 4.39 Å². The van der Waals surface area contributed by atoms with E-state index in [0.717, 1.165) is 11.1 Å². The van der Waals surface area contributed by atoms with E-state index in [2.05, 4.69) is 21.4 Å². The van der Waals surface area contributed by atoms with Crippen molar-refractivity contribution in [3.05, 3.63) is 67.9 Å². The van der Waals surface area contributed by atoms with Gasteiger partial charge in [-0.25, -0.2) is 4.39 Å². The van der Waals surface area contributed by atoms with Gasteiger partial charge in [-0.2, -0.15) is 0 Å². The molecule has 6 heteroatoms. The molecule has 0 bridgehead atoms. The average molecular weight is 378 g/mol. The minimum atomic E-state index is -0.305. The molecule has 0 aliphatic carbocycles. The summed E-state index contributed by atoms with van der Waals surface area (Å²) in [6.07, 6.45) is 0.566. The summed E-state index contributed by atoms with van der Waals surface area (Å²) in [5.74, 6) is 5.30. The van der Waals surface area contributed by atoms with Crippen molar-refractivity contribution in [2.24, 2.45) is 5.84 Å². The highest BCUT2D eigenvalue weighted by Crippen LogP contribution is 2.29. The van der Waals surface area contributed by atoms with Crippen molar-refractivity contribution in [1.82, 2.24) is 5.43 Å². The van der Waals surface area contributed by atoms with Crippen LogP contribution in [-0.4, -0.2) is 0 Å². The quantitative estimate of drug-likeness (QED) is 0.601. The second kappa shape index (κ2) is 6.87. The van der Waals surface area contributed by atoms with Gasteiger partial charge in [-0.1, -0.05) is 51.3 Å². The van der Waals surface area contributed by atoms with Crippen LogP contribution in [0.3, 0.4) is 0 Å². The molecule has 2 aromatic carbocycles. The highest BCUT2D eigenvalue weighted by molar-refractivity contribution is 9.10. The van der Waals surface area contributed by atoms with Gasteiger partial charge in [0.25, 0.3) is 0 Å². The SMILES string of the molecule is NNC(Cc1ccc(Cl)cc1Cl)c1ccc(F)cc1Br. The molecule has 2 nitrogen and oxygen atoms in total. The molecule has 0 spiro atoms. The minimum absolute atomic E-state index is 0.191. The topological polar surface area (TPSA) is 38.0 Å². The van der Waals surface area contributed by atoms with Crippen LogP contribution >= 0.6 is 39.1 Å². The first kappa shape index (κ1) is 15.7. The van der Waals surface area contributed by atoms with Gasteiger partial charge in [0.05, 0.1) is 6.04 Å². The molecule has 0 saturated carbocycles. The van der Waals surface area contributed by atoms with Crippen LogP contribution < -0.4 is 11.3 Å². The predicted molar refractivity (Wildman–Crippen MR) is 84.3 cm³/mol. The maximum Gasteiger partial charge on any atom is 0.124 e. The van der Waals surface area contributed by atoms with Crippen molar-refractivity contribution in [2.75, 3.05) is 0 Å². The van der Waals surface area contributed by atoms with Crippen LogP contribution in [0.4, 0.5) is 4.39 Å². The Kier molecular flexibility index (Phi) is 5.41. The fourth-order valence-corrected chi connectivity index (χ4v) is 3.06. The zero-order chi connectivity index (χ0) is 14.7. The number of nitrogens with two attached hydrogens (primary N) is 1. The number of hydrazine groups is 1. The molecule has 1 atom stereocenters. The number of rotatable bonds is 4. The Morgan fingerprint density at radius 3 is 2.55 bits per heavy atom. The van der Waals surface area contributed by atoms with Gasteiger partial charge < -0.3 is 0 Å². The van der Waals surface area contributed by atoms with Crippen molar-refractivity contribution in [2.45, 2.75) is 12.5 Å². The van der Waals surface area contributed by atoms with Crippen LogP contribution in [0.15, 0.2) is 40.9 Å². The summed E-state index contributed by atoms with van der Waals surface area (Å²) in [5.41, 5.74) is 4.50. The molecule has 106 valence electrons. The Balaban J connectivity index is 2.28. The predicted octanol–water partition coefficient (Wildman–Crippen LogP) is 4.64. The molecule has 0 aromatic heterocycles. The summed E-state index contributed by atoms with van der Waals surface area (Å²) in [4.78, 5) is 0. The van der Waals surface area contributed by atoms with Crippen LogP contribution in [0.25, 0.3) is 0 Å². The lowest BCUT2D eigenvalue weighted by Crippen LogP contribution is -2.30. The third kappa shape index (κ3) is 3.71. The molecule has 0 saturated heterocycles. The largest absolute Gasteiger partial charge is 0.271 e. The van der Waals surface area contributed by atoms with Gasteiger partial charge in [-0.15, -0.1) is 0 Å². The monoisotopic (exact) mass is 376 g/mol. The molecule has 0 heterocycles. The second-order valence-electron chi connectivity index (χ2n) is 4.32. The summed E-state index contributed by atoms with van der Waals surface area (Å²) in [6, 6.07) is 9.61. The molecular formula is C14H12BrCl2FN2. The fraction of sp³-hybridized carbons (Fsp3) is 0.143. The van der Waals surface area contributed by atoms with Gasteiger partial charge in [0, 0.05) is 14.5 Å². The number of hydrogen-bond donors (Lipinski definition) is 2. The van der Waals surface area contributed by atoms with Gasteiger partial charge in [0.1, 0.15) is 5.82 Å². The van der Waals surface area contributed by atoms with Crippen molar-refractivity contribution >= 4 is 39.1 Å². The molecule has 2 aromatic rings. The van der Waals surface area contributed by atoms with Crippen LogP contribution in [-0.2, 0) is 6.42 Å². The molecule has 0 fully saturated rings. The zero-order valence-corrected chi connectivity index (χ0v) is 13.4. The lowest BCUT2D eigenvalue weighted by Gasteiger charge is -2.18. The van der Waals surface area contributed by atoms with Gasteiger partial charge >= 0.3 is 0 Å². The summed E-state index contributed by atoms with van der Waals surface area (Å²) in [5, 5.41) is 1.16. The van der Waals surface area contributed by atoms with Gasteiger partial charge in [0.15, 0.2) is 0 Å². The Bertz CT molecular complexity index is 622. The van der Waals surface area contributed by atoms with Crippen molar-refractivity contribution in [3.63, 3.8) is 0 Å². The molecule has 1 unspecified atom stereocenters. The Labute approximate surface area is 135 Å². The van der Waals surface area contributed by atoms with E-state index in [0.29, 0.717) is 20.9 Å². The maximum absolute atomic E-state index is 13.1. The van der Waals surface area contributed by atoms with E-state index in [4.69, 9.17) is 29.0 Å². The number of nitrogens with one attached hydrogen (secondary N) is 1. The summed E-state index contributed by atoms with van der Waals surface area (Å²) >= 11 is 15.4. The third-order valence-corrected chi connectivity index (χ3v) is 4.25. The second-order valence-corrected chi connectivity index (χ2v) is 6.02. The first-order valence-corrected chi connectivity index (χ1v) is 7.41. The highest BCUT2D eigenvalue weighted by atomic mass is 79.9. The lowest BCUT2D eigenvalue weighted by molar-refractivity contribution is 0.547. The Hall–Kier alpha value is -0.650. The maximum atomic E-state index is 13.1. The van der Waals surface area contributed by atoms with E-state index in [1.807, 2.05) is 6.07 Å². The van der Waals surface area contributed by atoms with Crippen LogP contribution in [0.5, 0.6) is 0 Å². The Morgan fingerprint density at radius 2 is 1.95 bits per heavy atom. The normalized spacial score (nSPS) is 12.4. The number of benzene rings is 2. The molecule has 0 radical (unpaired) electrons. The number of hydrogen-bond acceptors (Lipinski definition) is 2. The first-order valence-electron chi connectivity index (χ1n) is 5.86. The van der Waals surface area contributed by atoms with E-state index >= 15 is 0 Å². The molecule has 0 aliphatic heterocycles. The van der Waals surface area contributed by atoms with E-state index in [-0.39, 0.29) is 11.9 Å². The van der Waals surface area contributed by atoms with Crippen LogP contribution in [0.1, 0.15) is 17.2 Å². The summed E-state index contributed by atoms with van der Waals surface area (Å²) in [6.45, 7) is 0. The van der Waals surface area contributed by atoms with Gasteiger partial charge in [-0.3, -0.25) is 11.3 Å². The standard InChI is InChI=1S/C14H12BrCl2FN2/c15-12-7-10(18)3-4-11(12)14(20-19)5-8-1-2-9(16)6-13(8)17/h1-4,6-7,14,20H,5,19H2. The molecule has 0 amide bonds. The van der Waals surface area contributed by atoms with Gasteiger partial charge in [-0.05, 0) is 41.8 Å². The molecule has 2 rings (SSSR count). The average Bonchev–Trinajstić information content (AvgIpc) is 2.39. The molecule has 0 aliphatic rings. The summed E-state index contributed by atoms with van der Waals surface area (Å²) < 4.78 is 13.8. The highest BCUT2D eigenvalue weighted by Gasteiger charge is 2.16. The van der Waals surface area contributed by atoms with Crippen molar-refractivity contribution in [1.29, 1.82) is 0 Å². The minimum Gasteiger partial charge on any atom is -0.271 e. The molecule has 3 N–H and O–H groups in total. The summed E-state index contributed by atoms with van der Waals surface area (Å²) in [7, 11) is 0. The third-order valence-electron chi connectivity index (χ3n) is 2.98. The van der Waals surface area contributed by atoms with E-state index in [1.54, 1.807) is 18.2 Å². The fourth-order valence-electron chi connectivity index (χ4n) is 1.95. The lowest BCUT2D eigenvalue weighted by atomic mass is 9.99.